The predicted molar refractivity (Wildman–Crippen MR) is 95.5 cm³/mol. The zero-order valence-electron chi connectivity index (χ0n) is 14.6. The highest BCUT2D eigenvalue weighted by Gasteiger charge is 2.39. The zero-order valence-corrected chi connectivity index (χ0v) is 14.6. The zero-order chi connectivity index (χ0) is 17.0. The van der Waals surface area contributed by atoms with Crippen LogP contribution in [0.3, 0.4) is 0 Å². The molecule has 0 radical (unpaired) electrons. The van der Waals surface area contributed by atoms with Crippen molar-refractivity contribution in [2.75, 3.05) is 5.32 Å². The molecule has 3 unspecified atom stereocenters. The lowest BCUT2D eigenvalue weighted by Crippen LogP contribution is -2.16. The van der Waals surface area contributed by atoms with Crippen molar-refractivity contribution in [2.24, 2.45) is 16.8 Å². The second-order valence-corrected chi connectivity index (χ2v) is 6.76. The number of rotatable bonds is 7. The highest BCUT2D eigenvalue weighted by molar-refractivity contribution is 5.95. The van der Waals surface area contributed by atoms with Gasteiger partial charge in [0.1, 0.15) is 0 Å². The van der Waals surface area contributed by atoms with Gasteiger partial charge in [0.15, 0.2) is 0 Å². The van der Waals surface area contributed by atoms with Gasteiger partial charge in [-0.3, -0.25) is 4.99 Å². The summed E-state index contributed by atoms with van der Waals surface area (Å²) in [5.74, 6) is 1.54. The van der Waals surface area contributed by atoms with Crippen molar-refractivity contribution in [1.82, 2.24) is 0 Å². The van der Waals surface area contributed by atoms with Crippen LogP contribution in [0.5, 0.6) is 0 Å². The standard InChI is InChI=1S/C19H28N2O2/c1-5-6-7-18(16-11-12(16)2)21-14(4)20-17-9-8-15(19(22)23)10-13(17)3/h8-10,12,16,18H,5-7,11H2,1-4H3,(H,20,21)(H,22,23). The molecule has 0 aliphatic heterocycles. The van der Waals surface area contributed by atoms with Crippen LogP contribution in [-0.2, 0) is 0 Å². The summed E-state index contributed by atoms with van der Waals surface area (Å²) in [6.45, 7) is 8.43. The molecule has 4 heteroatoms. The van der Waals surface area contributed by atoms with E-state index >= 15 is 0 Å². The molecule has 1 aliphatic carbocycles. The summed E-state index contributed by atoms with van der Waals surface area (Å²) in [7, 11) is 0. The molecule has 1 aliphatic rings. The molecule has 1 aromatic carbocycles. The van der Waals surface area contributed by atoms with Crippen LogP contribution < -0.4 is 5.32 Å². The normalized spacial score (nSPS) is 21.8. The summed E-state index contributed by atoms with van der Waals surface area (Å²) in [4.78, 5) is 15.9. The molecule has 0 aromatic heterocycles. The molecule has 1 saturated carbocycles. The molecular weight excluding hydrogens is 288 g/mol. The Morgan fingerprint density at radius 3 is 2.70 bits per heavy atom. The van der Waals surface area contributed by atoms with Gasteiger partial charge in [-0.2, -0.15) is 0 Å². The largest absolute Gasteiger partial charge is 0.478 e. The van der Waals surface area contributed by atoms with E-state index < -0.39 is 5.97 Å². The number of carboxylic acid groups (broad SMARTS) is 1. The Kier molecular flexibility index (Phi) is 5.80. The van der Waals surface area contributed by atoms with Gasteiger partial charge in [0.2, 0.25) is 0 Å². The lowest BCUT2D eigenvalue weighted by molar-refractivity contribution is 0.0697. The maximum Gasteiger partial charge on any atom is 0.335 e. The summed E-state index contributed by atoms with van der Waals surface area (Å²) in [5.41, 5.74) is 2.16. The SMILES string of the molecule is CCCCC(N=C(C)Nc1ccc(C(=O)O)cc1C)C1CC1C. The minimum absolute atomic E-state index is 0.315. The van der Waals surface area contributed by atoms with E-state index in [2.05, 4.69) is 19.2 Å². The van der Waals surface area contributed by atoms with Gasteiger partial charge in [0.25, 0.3) is 0 Å². The fourth-order valence-electron chi connectivity index (χ4n) is 3.09. The van der Waals surface area contributed by atoms with Gasteiger partial charge in [0.05, 0.1) is 17.4 Å². The average Bonchev–Trinajstić information content (AvgIpc) is 3.22. The first-order valence-electron chi connectivity index (χ1n) is 8.57. The molecule has 2 rings (SSSR count). The third-order valence-corrected chi connectivity index (χ3v) is 4.67. The van der Waals surface area contributed by atoms with Crippen LogP contribution in [0.2, 0.25) is 0 Å². The number of unbranched alkanes of at least 4 members (excludes halogenated alkanes) is 1. The summed E-state index contributed by atoms with van der Waals surface area (Å²) in [6, 6.07) is 5.55. The number of anilines is 1. The molecule has 0 bridgehead atoms. The van der Waals surface area contributed by atoms with Gasteiger partial charge in [0, 0.05) is 5.69 Å². The van der Waals surface area contributed by atoms with Crippen molar-refractivity contribution in [3.63, 3.8) is 0 Å². The molecule has 0 heterocycles. The molecule has 2 N–H and O–H groups in total. The van der Waals surface area contributed by atoms with Crippen molar-refractivity contribution in [1.29, 1.82) is 0 Å². The second-order valence-electron chi connectivity index (χ2n) is 6.76. The number of nitrogens with zero attached hydrogens (tertiary/aromatic N) is 1. The Balaban J connectivity index is 2.06. The van der Waals surface area contributed by atoms with Gasteiger partial charge in [-0.05, 0) is 62.3 Å². The number of carbonyl (C=O) groups is 1. The van der Waals surface area contributed by atoms with E-state index in [4.69, 9.17) is 10.1 Å². The van der Waals surface area contributed by atoms with E-state index in [1.165, 1.54) is 19.3 Å². The minimum atomic E-state index is -0.896. The van der Waals surface area contributed by atoms with Crippen LogP contribution >= 0.6 is 0 Å². The Hall–Kier alpha value is -1.84. The topological polar surface area (TPSA) is 61.7 Å². The smallest absolute Gasteiger partial charge is 0.335 e. The average molecular weight is 316 g/mol. The highest BCUT2D eigenvalue weighted by Crippen LogP contribution is 2.43. The number of benzene rings is 1. The summed E-state index contributed by atoms with van der Waals surface area (Å²) >= 11 is 0. The number of carboxylic acids is 1. The fourth-order valence-corrected chi connectivity index (χ4v) is 3.09. The van der Waals surface area contributed by atoms with Crippen molar-refractivity contribution in [3.05, 3.63) is 29.3 Å². The van der Waals surface area contributed by atoms with Gasteiger partial charge >= 0.3 is 5.97 Å². The quantitative estimate of drug-likeness (QED) is 0.564. The van der Waals surface area contributed by atoms with Crippen molar-refractivity contribution in [3.8, 4) is 0 Å². The summed E-state index contributed by atoms with van der Waals surface area (Å²) in [6.07, 6.45) is 4.87. The molecule has 3 atom stereocenters. The third-order valence-electron chi connectivity index (χ3n) is 4.67. The van der Waals surface area contributed by atoms with Crippen LogP contribution in [-0.4, -0.2) is 23.0 Å². The van der Waals surface area contributed by atoms with E-state index in [9.17, 15) is 4.79 Å². The van der Waals surface area contributed by atoms with Gasteiger partial charge < -0.3 is 10.4 Å². The Morgan fingerprint density at radius 1 is 1.48 bits per heavy atom. The maximum atomic E-state index is 11.0. The molecular formula is C19H28N2O2. The second kappa shape index (κ2) is 7.62. The maximum absolute atomic E-state index is 11.0. The molecule has 0 spiro atoms. The van der Waals surface area contributed by atoms with E-state index in [0.717, 1.165) is 35.3 Å². The molecule has 0 amide bonds. The van der Waals surface area contributed by atoms with E-state index in [-0.39, 0.29) is 0 Å². The molecule has 1 aromatic rings. The van der Waals surface area contributed by atoms with E-state index in [1.54, 1.807) is 12.1 Å². The van der Waals surface area contributed by atoms with Gasteiger partial charge in [-0.1, -0.05) is 26.7 Å². The number of aryl methyl sites for hydroxylation is 1. The number of aromatic carboxylic acids is 1. The third kappa shape index (κ3) is 4.81. The van der Waals surface area contributed by atoms with Crippen LogP contribution in [0.4, 0.5) is 5.69 Å². The molecule has 0 saturated heterocycles. The fraction of sp³-hybridized carbons (Fsp3) is 0.579. The lowest BCUT2D eigenvalue weighted by Gasteiger charge is -2.15. The van der Waals surface area contributed by atoms with Crippen molar-refractivity contribution >= 4 is 17.5 Å². The number of amidine groups is 1. The van der Waals surface area contributed by atoms with Crippen LogP contribution in [0, 0.1) is 18.8 Å². The number of nitrogens with one attached hydrogen (secondary N) is 1. The summed E-state index contributed by atoms with van der Waals surface area (Å²) in [5, 5.41) is 12.4. The van der Waals surface area contributed by atoms with Crippen molar-refractivity contribution in [2.45, 2.75) is 59.4 Å². The monoisotopic (exact) mass is 316 g/mol. The number of aliphatic imine (C=N–C) groups is 1. The summed E-state index contributed by atoms with van der Waals surface area (Å²) < 4.78 is 0. The molecule has 126 valence electrons. The minimum Gasteiger partial charge on any atom is -0.478 e. The first-order valence-corrected chi connectivity index (χ1v) is 8.57. The van der Waals surface area contributed by atoms with Gasteiger partial charge in [-0.25, -0.2) is 4.79 Å². The lowest BCUT2D eigenvalue weighted by atomic mass is 10.0. The van der Waals surface area contributed by atoms with Crippen LogP contribution in [0.15, 0.2) is 23.2 Å². The number of hydrogen-bond donors (Lipinski definition) is 2. The molecule has 1 fully saturated rings. The van der Waals surface area contributed by atoms with Gasteiger partial charge in [-0.15, -0.1) is 0 Å². The Bertz CT molecular complexity index is 595. The first-order chi connectivity index (χ1) is 10.9. The van der Waals surface area contributed by atoms with Crippen LogP contribution in [0.25, 0.3) is 0 Å². The van der Waals surface area contributed by atoms with E-state index in [0.29, 0.717) is 11.6 Å². The Morgan fingerprint density at radius 2 is 2.17 bits per heavy atom. The number of hydrogen-bond acceptors (Lipinski definition) is 2. The highest BCUT2D eigenvalue weighted by atomic mass is 16.4. The Labute approximate surface area is 139 Å². The first kappa shape index (κ1) is 17.5. The molecule has 23 heavy (non-hydrogen) atoms. The van der Waals surface area contributed by atoms with Crippen LogP contribution in [0.1, 0.15) is 62.4 Å². The molecule has 4 nitrogen and oxygen atoms in total. The van der Waals surface area contributed by atoms with E-state index in [1.807, 2.05) is 19.9 Å². The predicted octanol–water partition coefficient (Wildman–Crippen LogP) is 4.74. The van der Waals surface area contributed by atoms with Crippen molar-refractivity contribution < 1.29 is 9.90 Å².